The second-order valence-electron chi connectivity index (χ2n) is 4.73. The third kappa shape index (κ3) is 2.47. The van der Waals surface area contributed by atoms with E-state index < -0.39 is 0 Å². The molecule has 1 atom stereocenters. The Morgan fingerprint density at radius 1 is 1.36 bits per heavy atom. The van der Waals surface area contributed by atoms with Gasteiger partial charge in [0.05, 0.1) is 6.61 Å². The Kier molecular flexibility index (Phi) is 3.42. The number of hydrogen-bond donors (Lipinski definition) is 1. The van der Waals surface area contributed by atoms with Gasteiger partial charge in [0.25, 0.3) is 0 Å². The molecule has 2 rings (SSSR count). The van der Waals surface area contributed by atoms with E-state index in [1.54, 1.807) is 0 Å². The molecule has 2 fully saturated rings. The Balaban J connectivity index is 1.77. The normalized spacial score (nSPS) is 28.9. The van der Waals surface area contributed by atoms with Crippen LogP contribution in [0.15, 0.2) is 0 Å². The summed E-state index contributed by atoms with van der Waals surface area (Å²) >= 11 is 0. The summed E-state index contributed by atoms with van der Waals surface area (Å²) in [7, 11) is 2.24. The van der Waals surface area contributed by atoms with E-state index >= 15 is 0 Å². The van der Waals surface area contributed by atoms with Gasteiger partial charge in [-0.3, -0.25) is 4.90 Å². The monoisotopic (exact) mass is 198 g/mol. The van der Waals surface area contributed by atoms with Crippen molar-refractivity contribution in [3.63, 3.8) is 0 Å². The van der Waals surface area contributed by atoms with Crippen LogP contribution in [0.25, 0.3) is 0 Å². The van der Waals surface area contributed by atoms with Crippen LogP contribution in [0.1, 0.15) is 25.7 Å². The standard InChI is InChI=1S/C11H22N2O/c1-12(10-4-5-10)9-11-3-2-6-13(11)7-8-14/h10-11,14H,2-9H2,1H3/t11-/m0/s1. The molecule has 3 heteroatoms. The van der Waals surface area contributed by atoms with Crippen molar-refractivity contribution in [3.8, 4) is 0 Å². The van der Waals surface area contributed by atoms with Crippen LogP contribution in [0.5, 0.6) is 0 Å². The van der Waals surface area contributed by atoms with Crippen molar-refractivity contribution in [3.05, 3.63) is 0 Å². The second-order valence-corrected chi connectivity index (χ2v) is 4.73. The lowest BCUT2D eigenvalue weighted by Gasteiger charge is -2.28. The highest BCUT2D eigenvalue weighted by Gasteiger charge is 2.31. The predicted octanol–water partition coefficient (Wildman–Crippen LogP) is 0.537. The van der Waals surface area contributed by atoms with E-state index in [0.29, 0.717) is 12.6 Å². The molecule has 1 heterocycles. The maximum absolute atomic E-state index is 8.94. The summed E-state index contributed by atoms with van der Waals surface area (Å²) in [5.41, 5.74) is 0. The quantitative estimate of drug-likeness (QED) is 0.698. The lowest BCUT2D eigenvalue weighted by Crippen LogP contribution is -2.40. The van der Waals surface area contributed by atoms with Gasteiger partial charge in [-0.1, -0.05) is 0 Å². The molecule has 1 saturated carbocycles. The smallest absolute Gasteiger partial charge is 0.0558 e. The average molecular weight is 198 g/mol. The van der Waals surface area contributed by atoms with Gasteiger partial charge in [-0.15, -0.1) is 0 Å². The summed E-state index contributed by atoms with van der Waals surface area (Å²) < 4.78 is 0. The van der Waals surface area contributed by atoms with Crippen LogP contribution in [0.3, 0.4) is 0 Å². The topological polar surface area (TPSA) is 26.7 Å². The number of β-amino-alcohol motifs (C(OH)–C–C–N with tert-alkyl or cyclic N) is 1. The molecule has 0 spiro atoms. The molecular formula is C11H22N2O. The molecule has 1 saturated heterocycles. The molecule has 1 N–H and O–H groups in total. The summed E-state index contributed by atoms with van der Waals surface area (Å²) in [6, 6.07) is 1.57. The number of rotatable bonds is 5. The highest BCUT2D eigenvalue weighted by atomic mass is 16.3. The fraction of sp³-hybridized carbons (Fsp3) is 1.00. The van der Waals surface area contributed by atoms with E-state index in [0.717, 1.165) is 12.6 Å². The van der Waals surface area contributed by atoms with Crippen LogP contribution in [-0.4, -0.2) is 60.3 Å². The molecule has 2 aliphatic rings. The third-order valence-electron chi connectivity index (χ3n) is 3.56. The van der Waals surface area contributed by atoms with E-state index in [1.807, 2.05) is 0 Å². The van der Waals surface area contributed by atoms with Crippen molar-refractivity contribution in [1.82, 2.24) is 9.80 Å². The molecule has 0 unspecified atom stereocenters. The van der Waals surface area contributed by atoms with Crippen molar-refractivity contribution in [2.75, 3.05) is 33.3 Å². The molecular weight excluding hydrogens is 176 g/mol. The highest BCUT2D eigenvalue weighted by molar-refractivity contribution is 4.87. The Morgan fingerprint density at radius 2 is 2.14 bits per heavy atom. The lowest BCUT2D eigenvalue weighted by molar-refractivity contribution is 0.153. The molecule has 0 amide bonds. The van der Waals surface area contributed by atoms with Gasteiger partial charge in [-0.2, -0.15) is 0 Å². The number of likely N-dealkylation sites (tertiary alicyclic amines) is 1. The van der Waals surface area contributed by atoms with Crippen LogP contribution in [0, 0.1) is 0 Å². The first-order valence-corrected chi connectivity index (χ1v) is 5.86. The van der Waals surface area contributed by atoms with E-state index in [4.69, 9.17) is 5.11 Å². The highest BCUT2D eigenvalue weighted by Crippen LogP contribution is 2.27. The summed E-state index contributed by atoms with van der Waals surface area (Å²) in [4.78, 5) is 4.94. The minimum Gasteiger partial charge on any atom is -0.395 e. The molecule has 3 nitrogen and oxygen atoms in total. The van der Waals surface area contributed by atoms with Gasteiger partial charge in [0.1, 0.15) is 0 Å². The Bertz CT molecular complexity index is 182. The van der Waals surface area contributed by atoms with E-state index in [2.05, 4.69) is 16.8 Å². The van der Waals surface area contributed by atoms with Gasteiger partial charge in [-0.25, -0.2) is 0 Å². The third-order valence-corrected chi connectivity index (χ3v) is 3.56. The molecule has 14 heavy (non-hydrogen) atoms. The van der Waals surface area contributed by atoms with Gasteiger partial charge in [0.15, 0.2) is 0 Å². The fourth-order valence-corrected chi connectivity index (χ4v) is 2.52. The van der Waals surface area contributed by atoms with Gasteiger partial charge in [0.2, 0.25) is 0 Å². The Labute approximate surface area is 86.7 Å². The second kappa shape index (κ2) is 4.60. The number of aliphatic hydroxyl groups excluding tert-OH is 1. The van der Waals surface area contributed by atoms with Crippen LogP contribution in [0.4, 0.5) is 0 Å². The minimum absolute atomic E-state index is 0.309. The Hall–Kier alpha value is -0.120. The zero-order valence-corrected chi connectivity index (χ0v) is 9.15. The first-order valence-electron chi connectivity index (χ1n) is 5.86. The van der Waals surface area contributed by atoms with E-state index in [1.165, 1.54) is 38.8 Å². The maximum atomic E-state index is 8.94. The van der Waals surface area contributed by atoms with Crippen LogP contribution in [0.2, 0.25) is 0 Å². The molecule has 1 aliphatic heterocycles. The van der Waals surface area contributed by atoms with Crippen molar-refractivity contribution < 1.29 is 5.11 Å². The molecule has 0 radical (unpaired) electrons. The first-order chi connectivity index (χ1) is 6.81. The van der Waals surface area contributed by atoms with Gasteiger partial charge >= 0.3 is 0 Å². The maximum Gasteiger partial charge on any atom is 0.0558 e. The number of hydrogen-bond acceptors (Lipinski definition) is 3. The van der Waals surface area contributed by atoms with E-state index in [-0.39, 0.29) is 0 Å². The van der Waals surface area contributed by atoms with Crippen LogP contribution >= 0.6 is 0 Å². The first kappa shape index (κ1) is 10.4. The fourth-order valence-electron chi connectivity index (χ4n) is 2.52. The van der Waals surface area contributed by atoms with Crippen LogP contribution < -0.4 is 0 Å². The molecule has 0 aromatic rings. The summed E-state index contributed by atoms with van der Waals surface area (Å²) in [5.74, 6) is 0. The summed E-state index contributed by atoms with van der Waals surface area (Å²) in [6.45, 7) is 3.56. The SMILES string of the molecule is CN(C[C@@H]1CCCN1CCO)C1CC1. The zero-order chi connectivity index (χ0) is 9.97. The van der Waals surface area contributed by atoms with Crippen molar-refractivity contribution in [2.24, 2.45) is 0 Å². The molecule has 0 aromatic heterocycles. The van der Waals surface area contributed by atoms with Crippen LogP contribution in [-0.2, 0) is 0 Å². The van der Waals surface area contributed by atoms with Crippen molar-refractivity contribution in [1.29, 1.82) is 0 Å². The summed E-state index contributed by atoms with van der Waals surface area (Å²) in [6.07, 6.45) is 5.41. The predicted molar refractivity (Wildman–Crippen MR) is 57.3 cm³/mol. The molecule has 82 valence electrons. The number of likely N-dealkylation sites (N-methyl/N-ethyl adjacent to an activating group) is 1. The molecule has 0 bridgehead atoms. The van der Waals surface area contributed by atoms with Crippen molar-refractivity contribution in [2.45, 2.75) is 37.8 Å². The van der Waals surface area contributed by atoms with Crippen molar-refractivity contribution >= 4 is 0 Å². The lowest BCUT2D eigenvalue weighted by atomic mass is 10.2. The number of nitrogens with zero attached hydrogens (tertiary/aromatic N) is 2. The zero-order valence-electron chi connectivity index (χ0n) is 9.15. The van der Waals surface area contributed by atoms with E-state index in [9.17, 15) is 0 Å². The molecule has 1 aliphatic carbocycles. The average Bonchev–Trinajstić information content (AvgIpc) is 2.93. The summed E-state index contributed by atoms with van der Waals surface area (Å²) in [5, 5.41) is 8.94. The minimum atomic E-state index is 0.309. The Morgan fingerprint density at radius 3 is 2.79 bits per heavy atom. The largest absolute Gasteiger partial charge is 0.395 e. The van der Waals surface area contributed by atoms with Gasteiger partial charge < -0.3 is 10.0 Å². The molecule has 0 aromatic carbocycles. The number of aliphatic hydroxyl groups is 1. The van der Waals surface area contributed by atoms with Gasteiger partial charge in [-0.05, 0) is 39.3 Å². The van der Waals surface area contributed by atoms with Gasteiger partial charge in [0, 0.05) is 25.2 Å².